The first-order chi connectivity index (χ1) is 9.66. The fourth-order valence-electron chi connectivity index (χ4n) is 3.00. The zero-order valence-corrected chi connectivity index (χ0v) is 11.1. The SMILES string of the molecule is Nc1nc(N2CCOC3CCCCC32)ncc1[N+](=O)[O-]. The zero-order chi connectivity index (χ0) is 14.1. The van der Waals surface area contributed by atoms with Crippen molar-refractivity contribution in [3.63, 3.8) is 0 Å². The molecule has 2 fully saturated rings. The average molecular weight is 279 g/mol. The van der Waals surface area contributed by atoms with Gasteiger partial charge < -0.3 is 15.4 Å². The molecule has 1 aromatic rings. The Kier molecular flexibility index (Phi) is 3.39. The van der Waals surface area contributed by atoms with Gasteiger partial charge in [-0.25, -0.2) is 4.98 Å². The fraction of sp³-hybridized carbons (Fsp3) is 0.667. The minimum Gasteiger partial charge on any atom is -0.378 e. The van der Waals surface area contributed by atoms with Crippen LogP contribution in [0.15, 0.2) is 6.20 Å². The van der Waals surface area contributed by atoms with E-state index in [0.29, 0.717) is 19.1 Å². The number of hydrogen-bond donors (Lipinski definition) is 1. The van der Waals surface area contributed by atoms with E-state index < -0.39 is 4.92 Å². The minimum atomic E-state index is -0.568. The molecule has 2 atom stereocenters. The van der Waals surface area contributed by atoms with Crippen LogP contribution in [0.3, 0.4) is 0 Å². The Morgan fingerprint density at radius 1 is 1.45 bits per heavy atom. The maximum Gasteiger partial charge on any atom is 0.329 e. The molecule has 1 saturated carbocycles. The molecule has 1 aliphatic carbocycles. The summed E-state index contributed by atoms with van der Waals surface area (Å²) in [6.45, 7) is 1.32. The second kappa shape index (κ2) is 5.20. The molecular weight excluding hydrogens is 262 g/mol. The third-order valence-electron chi connectivity index (χ3n) is 3.97. The maximum atomic E-state index is 10.7. The van der Waals surface area contributed by atoms with Crippen LogP contribution in [-0.4, -0.2) is 40.2 Å². The zero-order valence-electron chi connectivity index (χ0n) is 11.1. The van der Waals surface area contributed by atoms with Crippen molar-refractivity contribution in [2.45, 2.75) is 37.8 Å². The number of nitrogens with two attached hydrogens (primary N) is 1. The van der Waals surface area contributed by atoms with Crippen LogP contribution in [0, 0.1) is 10.1 Å². The summed E-state index contributed by atoms with van der Waals surface area (Å²) in [4.78, 5) is 20.5. The third kappa shape index (κ3) is 2.26. The monoisotopic (exact) mass is 279 g/mol. The Morgan fingerprint density at radius 3 is 3.00 bits per heavy atom. The van der Waals surface area contributed by atoms with Crippen LogP contribution in [0.5, 0.6) is 0 Å². The van der Waals surface area contributed by atoms with Crippen molar-refractivity contribution in [1.82, 2.24) is 9.97 Å². The number of rotatable bonds is 2. The summed E-state index contributed by atoms with van der Waals surface area (Å²) in [5.41, 5.74) is 5.40. The Labute approximate surface area is 116 Å². The molecule has 8 nitrogen and oxygen atoms in total. The van der Waals surface area contributed by atoms with E-state index in [0.717, 1.165) is 19.3 Å². The van der Waals surface area contributed by atoms with Crippen molar-refractivity contribution in [3.8, 4) is 0 Å². The molecule has 20 heavy (non-hydrogen) atoms. The number of anilines is 2. The highest BCUT2D eigenvalue weighted by atomic mass is 16.6. The number of nitrogens with zero attached hydrogens (tertiary/aromatic N) is 4. The van der Waals surface area contributed by atoms with E-state index in [-0.39, 0.29) is 23.7 Å². The van der Waals surface area contributed by atoms with Gasteiger partial charge in [-0.15, -0.1) is 0 Å². The number of nitro groups is 1. The molecule has 0 amide bonds. The summed E-state index contributed by atoms with van der Waals surface area (Å²) < 4.78 is 5.79. The second-order valence-electron chi connectivity index (χ2n) is 5.15. The van der Waals surface area contributed by atoms with Gasteiger partial charge in [0.25, 0.3) is 0 Å². The van der Waals surface area contributed by atoms with Gasteiger partial charge in [0, 0.05) is 6.54 Å². The number of aromatic nitrogens is 2. The normalized spacial score (nSPS) is 26.1. The van der Waals surface area contributed by atoms with E-state index in [1.807, 2.05) is 0 Å². The van der Waals surface area contributed by atoms with E-state index >= 15 is 0 Å². The Bertz CT molecular complexity index is 522. The predicted octanol–water partition coefficient (Wildman–Crippen LogP) is 1.11. The summed E-state index contributed by atoms with van der Waals surface area (Å²) in [5, 5.41) is 10.7. The summed E-state index contributed by atoms with van der Waals surface area (Å²) in [5.74, 6) is 0.382. The van der Waals surface area contributed by atoms with Crippen LogP contribution >= 0.6 is 0 Å². The molecule has 2 N–H and O–H groups in total. The summed E-state index contributed by atoms with van der Waals surface area (Å²) in [6, 6.07) is 0.248. The lowest BCUT2D eigenvalue weighted by Gasteiger charge is -2.43. The Hall–Kier alpha value is -1.96. The summed E-state index contributed by atoms with van der Waals surface area (Å²) in [7, 11) is 0. The van der Waals surface area contributed by atoms with Gasteiger partial charge in [0.1, 0.15) is 6.20 Å². The largest absolute Gasteiger partial charge is 0.378 e. The van der Waals surface area contributed by atoms with Gasteiger partial charge in [-0.1, -0.05) is 12.8 Å². The summed E-state index contributed by atoms with van der Waals surface area (Å²) in [6.07, 6.45) is 5.80. The number of nitrogen functional groups attached to an aromatic ring is 1. The van der Waals surface area contributed by atoms with Crippen molar-refractivity contribution in [3.05, 3.63) is 16.3 Å². The standard InChI is InChI=1S/C12H17N5O3/c13-11-9(17(18)19)7-14-12(15-11)16-5-6-20-10-4-2-1-3-8(10)16/h7-8,10H,1-6H2,(H2,13,14,15). The van der Waals surface area contributed by atoms with Crippen molar-refractivity contribution in [1.29, 1.82) is 0 Å². The molecular formula is C12H17N5O3. The molecule has 1 saturated heterocycles. The molecule has 8 heteroatoms. The van der Waals surface area contributed by atoms with E-state index in [1.54, 1.807) is 0 Å². The van der Waals surface area contributed by atoms with E-state index in [2.05, 4.69) is 14.9 Å². The van der Waals surface area contributed by atoms with Crippen LogP contribution in [0.2, 0.25) is 0 Å². The first-order valence-corrected chi connectivity index (χ1v) is 6.82. The molecule has 108 valence electrons. The highest BCUT2D eigenvalue weighted by Gasteiger charge is 2.35. The molecule has 2 unspecified atom stereocenters. The van der Waals surface area contributed by atoms with E-state index in [4.69, 9.17) is 10.5 Å². The second-order valence-corrected chi connectivity index (χ2v) is 5.15. The molecule has 1 aromatic heterocycles. The van der Waals surface area contributed by atoms with Gasteiger partial charge in [-0.05, 0) is 12.8 Å². The number of ether oxygens (including phenoxy) is 1. The smallest absolute Gasteiger partial charge is 0.329 e. The van der Waals surface area contributed by atoms with Crippen LogP contribution in [0.4, 0.5) is 17.5 Å². The number of fused-ring (bicyclic) bond motifs is 1. The number of morpholine rings is 1. The Morgan fingerprint density at radius 2 is 2.25 bits per heavy atom. The highest BCUT2D eigenvalue weighted by Crippen LogP contribution is 2.31. The van der Waals surface area contributed by atoms with Crippen molar-refractivity contribution < 1.29 is 9.66 Å². The van der Waals surface area contributed by atoms with Gasteiger partial charge in [0.15, 0.2) is 0 Å². The molecule has 3 rings (SSSR count). The maximum absolute atomic E-state index is 10.7. The molecule has 0 bridgehead atoms. The number of hydrogen-bond acceptors (Lipinski definition) is 7. The van der Waals surface area contributed by atoms with Crippen LogP contribution in [-0.2, 0) is 4.74 Å². The van der Waals surface area contributed by atoms with Crippen LogP contribution in [0.25, 0.3) is 0 Å². The van der Waals surface area contributed by atoms with Crippen LogP contribution < -0.4 is 10.6 Å². The van der Waals surface area contributed by atoms with Gasteiger partial charge >= 0.3 is 5.69 Å². The molecule has 0 radical (unpaired) electrons. The van der Waals surface area contributed by atoms with Crippen molar-refractivity contribution in [2.75, 3.05) is 23.8 Å². The quantitative estimate of drug-likeness (QED) is 0.638. The lowest BCUT2D eigenvalue weighted by molar-refractivity contribution is -0.384. The van der Waals surface area contributed by atoms with E-state index in [1.165, 1.54) is 12.6 Å². The van der Waals surface area contributed by atoms with Crippen molar-refractivity contribution >= 4 is 17.5 Å². The topological polar surface area (TPSA) is 107 Å². The van der Waals surface area contributed by atoms with Crippen LogP contribution in [0.1, 0.15) is 25.7 Å². The lowest BCUT2D eigenvalue weighted by atomic mass is 9.90. The first-order valence-electron chi connectivity index (χ1n) is 6.82. The Balaban J connectivity index is 1.87. The first kappa shape index (κ1) is 13.0. The average Bonchev–Trinajstić information content (AvgIpc) is 2.46. The minimum absolute atomic E-state index is 0.0844. The molecule has 0 spiro atoms. The van der Waals surface area contributed by atoms with Crippen molar-refractivity contribution in [2.24, 2.45) is 0 Å². The van der Waals surface area contributed by atoms with Gasteiger partial charge in [-0.3, -0.25) is 10.1 Å². The van der Waals surface area contributed by atoms with Gasteiger partial charge in [0.2, 0.25) is 11.8 Å². The molecule has 1 aliphatic heterocycles. The molecule has 2 aliphatic rings. The van der Waals surface area contributed by atoms with Gasteiger partial charge in [0.05, 0.1) is 23.7 Å². The van der Waals surface area contributed by atoms with E-state index in [9.17, 15) is 10.1 Å². The third-order valence-corrected chi connectivity index (χ3v) is 3.97. The molecule has 2 heterocycles. The van der Waals surface area contributed by atoms with Gasteiger partial charge in [-0.2, -0.15) is 4.98 Å². The summed E-state index contributed by atoms with van der Waals surface area (Å²) >= 11 is 0. The fourth-order valence-corrected chi connectivity index (χ4v) is 3.00. The molecule has 0 aromatic carbocycles. The predicted molar refractivity (Wildman–Crippen MR) is 72.4 cm³/mol. The lowest BCUT2D eigenvalue weighted by Crippen LogP contribution is -2.53. The highest BCUT2D eigenvalue weighted by molar-refractivity contribution is 5.54.